The van der Waals surface area contributed by atoms with Gasteiger partial charge in [0.15, 0.2) is 0 Å². The van der Waals surface area contributed by atoms with E-state index in [2.05, 4.69) is 17.2 Å². The molecule has 0 aliphatic heterocycles. The first-order valence-corrected chi connectivity index (χ1v) is 6.32. The van der Waals surface area contributed by atoms with Crippen molar-refractivity contribution in [3.63, 3.8) is 0 Å². The molecule has 21 heavy (non-hydrogen) atoms. The van der Waals surface area contributed by atoms with Gasteiger partial charge in [0.05, 0.1) is 6.42 Å². The van der Waals surface area contributed by atoms with Crippen LogP contribution in [0.25, 0.3) is 0 Å². The summed E-state index contributed by atoms with van der Waals surface area (Å²) in [4.78, 5) is 22.4. The first-order valence-electron chi connectivity index (χ1n) is 6.32. The molecule has 0 atom stereocenters. The number of hydrogen-bond acceptors (Lipinski definition) is 2. The number of carbonyl (C=O) groups is 2. The van der Waals surface area contributed by atoms with Gasteiger partial charge in [-0.05, 0) is 29.8 Å². The van der Waals surface area contributed by atoms with Gasteiger partial charge in [-0.3, -0.25) is 9.59 Å². The third kappa shape index (κ3) is 4.84. The zero-order valence-corrected chi connectivity index (χ0v) is 11.2. The van der Waals surface area contributed by atoms with Crippen LogP contribution in [0.3, 0.4) is 0 Å². The number of carbonyl (C=O) groups excluding carboxylic acids is 1. The number of aliphatic carboxylic acids is 1. The summed E-state index contributed by atoms with van der Waals surface area (Å²) >= 11 is 0. The molecule has 0 aliphatic carbocycles. The average Bonchev–Trinajstić information content (AvgIpc) is 2.46. The van der Waals surface area contributed by atoms with Gasteiger partial charge in [0.1, 0.15) is 0 Å². The molecule has 0 radical (unpaired) electrons. The van der Waals surface area contributed by atoms with Gasteiger partial charge in [-0.1, -0.05) is 36.3 Å². The molecule has 2 aromatic rings. The Morgan fingerprint density at radius 1 is 1.05 bits per heavy atom. The molecule has 0 spiro atoms. The maximum Gasteiger partial charge on any atom is 0.307 e. The summed E-state index contributed by atoms with van der Waals surface area (Å²) < 4.78 is 0. The van der Waals surface area contributed by atoms with Crippen molar-refractivity contribution in [2.45, 2.75) is 6.42 Å². The molecule has 0 unspecified atom stereocenters. The van der Waals surface area contributed by atoms with Crippen LogP contribution >= 0.6 is 0 Å². The highest BCUT2D eigenvalue weighted by Gasteiger charge is 2.03. The Morgan fingerprint density at radius 3 is 2.52 bits per heavy atom. The van der Waals surface area contributed by atoms with E-state index in [0.29, 0.717) is 11.3 Å². The van der Waals surface area contributed by atoms with Crippen LogP contribution in [-0.2, 0) is 16.0 Å². The van der Waals surface area contributed by atoms with Crippen LogP contribution in [-0.4, -0.2) is 17.0 Å². The Labute approximate surface area is 122 Å². The van der Waals surface area contributed by atoms with Crippen LogP contribution in [0.2, 0.25) is 0 Å². The van der Waals surface area contributed by atoms with Crippen LogP contribution in [0.15, 0.2) is 54.6 Å². The number of rotatable bonds is 3. The molecule has 2 N–H and O–H groups in total. The number of benzene rings is 2. The monoisotopic (exact) mass is 279 g/mol. The number of carboxylic acid groups (broad SMARTS) is 1. The molecule has 4 heteroatoms. The lowest BCUT2D eigenvalue weighted by Crippen LogP contribution is -2.09. The molecule has 2 aromatic carbocycles. The molecule has 1 amide bonds. The molecule has 0 bridgehead atoms. The van der Waals surface area contributed by atoms with Crippen LogP contribution in [0.4, 0.5) is 5.69 Å². The molecule has 0 aliphatic rings. The largest absolute Gasteiger partial charge is 0.481 e. The van der Waals surface area contributed by atoms with Crippen molar-refractivity contribution in [3.05, 3.63) is 65.7 Å². The van der Waals surface area contributed by atoms with Gasteiger partial charge in [0.25, 0.3) is 0 Å². The van der Waals surface area contributed by atoms with E-state index >= 15 is 0 Å². The molecule has 4 nitrogen and oxygen atoms in total. The van der Waals surface area contributed by atoms with Crippen LogP contribution in [0.1, 0.15) is 11.1 Å². The molecular formula is C17H13NO3. The van der Waals surface area contributed by atoms with Crippen molar-refractivity contribution < 1.29 is 14.7 Å². The molecule has 0 heterocycles. The van der Waals surface area contributed by atoms with Gasteiger partial charge in [-0.15, -0.1) is 0 Å². The maximum absolute atomic E-state index is 11.7. The van der Waals surface area contributed by atoms with Crippen molar-refractivity contribution in [3.8, 4) is 11.8 Å². The Morgan fingerprint density at radius 2 is 1.81 bits per heavy atom. The van der Waals surface area contributed by atoms with E-state index < -0.39 is 11.9 Å². The van der Waals surface area contributed by atoms with Gasteiger partial charge in [-0.25, -0.2) is 0 Å². The molecule has 0 saturated carbocycles. The first kappa shape index (κ1) is 14.4. The van der Waals surface area contributed by atoms with Crippen LogP contribution in [0, 0.1) is 11.8 Å². The number of hydrogen-bond donors (Lipinski definition) is 2. The van der Waals surface area contributed by atoms with Crippen molar-refractivity contribution in [1.29, 1.82) is 0 Å². The minimum absolute atomic E-state index is 0.0839. The van der Waals surface area contributed by atoms with Crippen LogP contribution < -0.4 is 5.32 Å². The van der Waals surface area contributed by atoms with Gasteiger partial charge >= 0.3 is 11.9 Å². The smallest absolute Gasteiger partial charge is 0.307 e. The van der Waals surface area contributed by atoms with Gasteiger partial charge in [-0.2, -0.15) is 0 Å². The van der Waals surface area contributed by atoms with E-state index in [-0.39, 0.29) is 6.42 Å². The summed E-state index contributed by atoms with van der Waals surface area (Å²) in [6.45, 7) is 0. The minimum Gasteiger partial charge on any atom is -0.481 e. The third-order valence-corrected chi connectivity index (χ3v) is 2.63. The lowest BCUT2D eigenvalue weighted by molar-refractivity contribution is -0.136. The van der Waals surface area contributed by atoms with E-state index in [0.717, 1.165) is 5.56 Å². The number of nitrogens with one attached hydrogen (secondary N) is 1. The molecule has 2 rings (SSSR count). The van der Waals surface area contributed by atoms with Crippen molar-refractivity contribution >= 4 is 17.6 Å². The Kier molecular flexibility index (Phi) is 4.73. The molecular weight excluding hydrogens is 266 g/mol. The second kappa shape index (κ2) is 6.92. The molecule has 104 valence electrons. The fourth-order valence-electron chi connectivity index (χ4n) is 1.75. The third-order valence-electron chi connectivity index (χ3n) is 2.63. The topological polar surface area (TPSA) is 66.4 Å². The normalized spacial score (nSPS) is 9.33. The summed E-state index contributed by atoms with van der Waals surface area (Å²) in [5.41, 5.74) is 1.91. The zero-order chi connectivity index (χ0) is 15.1. The van der Waals surface area contributed by atoms with Gasteiger partial charge < -0.3 is 10.4 Å². The highest BCUT2D eigenvalue weighted by molar-refractivity contribution is 6.04. The second-order valence-corrected chi connectivity index (χ2v) is 4.34. The summed E-state index contributed by atoms with van der Waals surface area (Å²) in [5.74, 6) is 3.89. The quantitative estimate of drug-likeness (QED) is 0.847. The van der Waals surface area contributed by atoms with E-state index in [1.165, 1.54) is 0 Å². The van der Waals surface area contributed by atoms with E-state index in [9.17, 15) is 9.59 Å². The van der Waals surface area contributed by atoms with Gasteiger partial charge in [0, 0.05) is 17.2 Å². The summed E-state index contributed by atoms with van der Waals surface area (Å²) in [7, 11) is 0. The van der Waals surface area contributed by atoms with E-state index in [1.54, 1.807) is 24.3 Å². The summed E-state index contributed by atoms with van der Waals surface area (Å²) in [6.07, 6.45) is -0.0839. The molecule has 0 saturated heterocycles. The standard InChI is InChI=1S/C17H13NO3/c19-16(10-9-13-5-2-1-3-6-13)18-15-8-4-7-14(11-15)12-17(20)21/h1-8,11H,12H2,(H,18,19)(H,20,21). The lowest BCUT2D eigenvalue weighted by Gasteiger charge is -2.03. The molecule has 0 aromatic heterocycles. The van der Waals surface area contributed by atoms with Gasteiger partial charge in [0.2, 0.25) is 0 Å². The van der Waals surface area contributed by atoms with E-state index in [1.807, 2.05) is 30.3 Å². The zero-order valence-electron chi connectivity index (χ0n) is 11.2. The number of carboxylic acids is 1. The highest BCUT2D eigenvalue weighted by Crippen LogP contribution is 2.11. The predicted octanol–water partition coefficient (Wildman–Crippen LogP) is 2.30. The number of anilines is 1. The fraction of sp³-hybridized carbons (Fsp3) is 0.0588. The first-order chi connectivity index (χ1) is 10.1. The average molecular weight is 279 g/mol. The highest BCUT2D eigenvalue weighted by atomic mass is 16.4. The number of amides is 1. The Hall–Kier alpha value is -3.06. The fourth-order valence-corrected chi connectivity index (χ4v) is 1.75. The summed E-state index contributed by atoms with van der Waals surface area (Å²) in [6, 6.07) is 15.9. The SMILES string of the molecule is O=C(O)Cc1cccc(NC(=O)C#Cc2ccccc2)c1. The van der Waals surface area contributed by atoms with Crippen molar-refractivity contribution in [2.24, 2.45) is 0 Å². The molecule has 0 fully saturated rings. The van der Waals surface area contributed by atoms with Crippen molar-refractivity contribution in [2.75, 3.05) is 5.32 Å². The maximum atomic E-state index is 11.7. The minimum atomic E-state index is -0.914. The van der Waals surface area contributed by atoms with E-state index in [4.69, 9.17) is 5.11 Å². The Bertz CT molecular complexity index is 712. The van der Waals surface area contributed by atoms with Crippen LogP contribution in [0.5, 0.6) is 0 Å². The van der Waals surface area contributed by atoms with Crippen molar-refractivity contribution in [1.82, 2.24) is 0 Å². The predicted molar refractivity (Wildman–Crippen MR) is 79.7 cm³/mol. The lowest BCUT2D eigenvalue weighted by atomic mass is 10.1. The summed E-state index contributed by atoms with van der Waals surface area (Å²) in [5, 5.41) is 11.4. The second-order valence-electron chi connectivity index (χ2n) is 4.34. The Balaban J connectivity index is 2.03.